The summed E-state index contributed by atoms with van der Waals surface area (Å²) in [6.07, 6.45) is 0. The highest BCUT2D eigenvalue weighted by atomic mass is 35.5. The van der Waals surface area contributed by atoms with Gasteiger partial charge in [0.05, 0.1) is 22.1 Å². The van der Waals surface area contributed by atoms with E-state index in [4.69, 9.17) is 21.5 Å². The Hall–Kier alpha value is -2.01. The fourth-order valence-electron chi connectivity index (χ4n) is 2.03. The van der Waals surface area contributed by atoms with Gasteiger partial charge in [0.2, 0.25) is 0 Å². The predicted molar refractivity (Wildman–Crippen MR) is 82.4 cm³/mol. The topological polar surface area (TPSA) is 59.6 Å². The molecule has 2 aromatic rings. The van der Waals surface area contributed by atoms with Gasteiger partial charge < -0.3 is 9.94 Å². The first-order chi connectivity index (χ1) is 10.1. The maximum Gasteiger partial charge on any atom is 0.131 e. The summed E-state index contributed by atoms with van der Waals surface area (Å²) < 4.78 is 7.62. The van der Waals surface area contributed by atoms with E-state index in [0.29, 0.717) is 23.1 Å². The fourth-order valence-corrected chi connectivity index (χ4v) is 2.22. The number of hydrogen-bond donors (Lipinski definition) is 1. The number of rotatable bonds is 5. The van der Waals surface area contributed by atoms with Gasteiger partial charge in [0.15, 0.2) is 0 Å². The van der Waals surface area contributed by atoms with Crippen LogP contribution < -0.4 is 4.74 Å². The van der Waals surface area contributed by atoms with Crippen LogP contribution in [0.4, 0.5) is 0 Å². The molecule has 0 fully saturated rings. The molecule has 5 nitrogen and oxygen atoms in total. The summed E-state index contributed by atoms with van der Waals surface area (Å²) in [4.78, 5) is 0. The normalized spacial score (nSPS) is 11.7. The van der Waals surface area contributed by atoms with E-state index in [1.165, 1.54) is 0 Å². The zero-order valence-electron chi connectivity index (χ0n) is 12.3. The summed E-state index contributed by atoms with van der Waals surface area (Å²) in [5, 5.41) is 17.0. The lowest BCUT2D eigenvalue weighted by Gasteiger charge is -2.09. The Morgan fingerprint density at radius 2 is 2.24 bits per heavy atom. The summed E-state index contributed by atoms with van der Waals surface area (Å²) in [5.41, 5.74) is 3.00. The summed E-state index contributed by atoms with van der Waals surface area (Å²) in [5.74, 6) is 0.688. The summed E-state index contributed by atoms with van der Waals surface area (Å²) >= 11 is 6.25. The Labute approximate surface area is 128 Å². The lowest BCUT2D eigenvalue weighted by molar-refractivity contribution is 0.292. The average molecular weight is 308 g/mol. The minimum absolute atomic E-state index is 0.340. The van der Waals surface area contributed by atoms with Gasteiger partial charge in [0.1, 0.15) is 12.4 Å². The van der Waals surface area contributed by atoms with E-state index in [1.54, 1.807) is 6.92 Å². The maximum atomic E-state index is 8.81. The fraction of sp³-hybridized carbons (Fsp3) is 0.333. The summed E-state index contributed by atoms with van der Waals surface area (Å²) in [6.45, 7) is 6.69. The van der Waals surface area contributed by atoms with Crippen LogP contribution >= 0.6 is 11.6 Å². The Kier molecular flexibility index (Phi) is 4.85. The average Bonchev–Trinajstić information content (AvgIpc) is 2.79. The van der Waals surface area contributed by atoms with Gasteiger partial charge in [0, 0.05) is 12.1 Å². The zero-order chi connectivity index (χ0) is 15.4. The minimum atomic E-state index is 0.340. The van der Waals surface area contributed by atoms with Crippen molar-refractivity contribution in [3.05, 3.63) is 46.2 Å². The molecule has 0 radical (unpaired) electrons. The third kappa shape index (κ3) is 3.36. The minimum Gasteiger partial charge on any atom is -0.487 e. The van der Waals surface area contributed by atoms with Crippen LogP contribution in [0.1, 0.15) is 30.8 Å². The van der Waals surface area contributed by atoms with Crippen LogP contribution in [-0.4, -0.2) is 20.7 Å². The number of benzene rings is 1. The van der Waals surface area contributed by atoms with Crippen molar-refractivity contribution in [3.63, 3.8) is 0 Å². The second-order valence-corrected chi connectivity index (χ2v) is 5.04. The van der Waals surface area contributed by atoms with Crippen molar-refractivity contribution < 1.29 is 9.94 Å². The van der Waals surface area contributed by atoms with Crippen molar-refractivity contribution in [2.75, 3.05) is 0 Å². The van der Waals surface area contributed by atoms with Gasteiger partial charge in [-0.3, -0.25) is 4.68 Å². The molecule has 112 valence electrons. The number of aryl methyl sites for hydroxylation is 2. The van der Waals surface area contributed by atoms with Gasteiger partial charge in [-0.2, -0.15) is 5.10 Å². The summed E-state index contributed by atoms with van der Waals surface area (Å²) in [7, 11) is 0. The van der Waals surface area contributed by atoms with Crippen molar-refractivity contribution in [3.8, 4) is 5.75 Å². The first kappa shape index (κ1) is 15.4. The van der Waals surface area contributed by atoms with E-state index in [2.05, 4.69) is 10.3 Å². The van der Waals surface area contributed by atoms with E-state index in [9.17, 15) is 0 Å². The molecule has 0 spiro atoms. The lowest BCUT2D eigenvalue weighted by atomic mass is 10.1. The highest BCUT2D eigenvalue weighted by molar-refractivity contribution is 6.31. The van der Waals surface area contributed by atoms with E-state index in [0.717, 1.165) is 23.5 Å². The quantitative estimate of drug-likeness (QED) is 0.521. The highest BCUT2D eigenvalue weighted by Gasteiger charge is 2.13. The number of nitrogens with zero attached hydrogens (tertiary/aromatic N) is 3. The predicted octanol–water partition coefficient (Wildman–Crippen LogP) is 3.64. The molecule has 1 aromatic heterocycles. The lowest BCUT2D eigenvalue weighted by Crippen LogP contribution is -2.07. The molecule has 0 bridgehead atoms. The van der Waals surface area contributed by atoms with Gasteiger partial charge >= 0.3 is 0 Å². The molecule has 0 atom stereocenters. The van der Waals surface area contributed by atoms with Crippen LogP contribution in [0.2, 0.25) is 5.02 Å². The van der Waals surface area contributed by atoms with Crippen molar-refractivity contribution in [1.29, 1.82) is 0 Å². The molecular weight excluding hydrogens is 290 g/mol. The third-order valence-electron chi connectivity index (χ3n) is 3.23. The zero-order valence-corrected chi connectivity index (χ0v) is 13.1. The van der Waals surface area contributed by atoms with Crippen LogP contribution in [0.5, 0.6) is 5.75 Å². The monoisotopic (exact) mass is 307 g/mol. The van der Waals surface area contributed by atoms with E-state index >= 15 is 0 Å². The van der Waals surface area contributed by atoms with Gasteiger partial charge in [0.25, 0.3) is 0 Å². The highest BCUT2D eigenvalue weighted by Crippen LogP contribution is 2.23. The number of halogens is 1. The van der Waals surface area contributed by atoms with Gasteiger partial charge in [-0.25, -0.2) is 0 Å². The molecule has 1 heterocycles. The summed E-state index contributed by atoms with van der Waals surface area (Å²) in [6, 6.07) is 7.38. The Morgan fingerprint density at radius 3 is 2.90 bits per heavy atom. The van der Waals surface area contributed by atoms with Crippen molar-refractivity contribution in [2.45, 2.75) is 33.9 Å². The molecule has 0 unspecified atom stereocenters. The molecule has 0 aliphatic heterocycles. The standard InChI is InChI=1S/C15H18ClN3O2/c1-4-19-14(15(16)11(3)17-19)9-21-13-7-5-6-12(8-13)10(2)18-20/h5-8,20H,4,9H2,1-3H3. The van der Waals surface area contributed by atoms with Crippen LogP contribution in [0.15, 0.2) is 29.4 Å². The van der Waals surface area contributed by atoms with E-state index < -0.39 is 0 Å². The molecule has 0 amide bonds. The molecule has 0 saturated carbocycles. The van der Waals surface area contributed by atoms with Crippen LogP contribution in [-0.2, 0) is 13.2 Å². The van der Waals surface area contributed by atoms with Crippen LogP contribution in [0, 0.1) is 6.92 Å². The largest absolute Gasteiger partial charge is 0.487 e. The third-order valence-corrected chi connectivity index (χ3v) is 3.72. The Morgan fingerprint density at radius 1 is 1.48 bits per heavy atom. The van der Waals surface area contributed by atoms with Crippen molar-refractivity contribution in [1.82, 2.24) is 9.78 Å². The second-order valence-electron chi connectivity index (χ2n) is 4.66. The molecule has 0 saturated heterocycles. The first-order valence-corrected chi connectivity index (χ1v) is 7.08. The second kappa shape index (κ2) is 6.63. The molecule has 0 aliphatic rings. The molecule has 2 rings (SSSR count). The van der Waals surface area contributed by atoms with Gasteiger partial charge in [-0.05, 0) is 32.9 Å². The Bertz CT molecular complexity index is 665. The van der Waals surface area contributed by atoms with Gasteiger partial charge in [-0.1, -0.05) is 28.9 Å². The number of oxime groups is 1. The molecule has 6 heteroatoms. The molecule has 21 heavy (non-hydrogen) atoms. The maximum absolute atomic E-state index is 8.81. The first-order valence-electron chi connectivity index (χ1n) is 6.70. The van der Waals surface area contributed by atoms with Crippen LogP contribution in [0.25, 0.3) is 0 Å². The van der Waals surface area contributed by atoms with Crippen molar-refractivity contribution in [2.24, 2.45) is 5.16 Å². The van der Waals surface area contributed by atoms with Gasteiger partial charge in [-0.15, -0.1) is 0 Å². The smallest absolute Gasteiger partial charge is 0.131 e. The van der Waals surface area contributed by atoms with Crippen molar-refractivity contribution >= 4 is 17.3 Å². The van der Waals surface area contributed by atoms with E-state index in [-0.39, 0.29) is 0 Å². The van der Waals surface area contributed by atoms with E-state index in [1.807, 2.05) is 42.8 Å². The number of hydrogen-bond acceptors (Lipinski definition) is 4. The van der Waals surface area contributed by atoms with Crippen LogP contribution in [0.3, 0.4) is 0 Å². The molecule has 1 N–H and O–H groups in total. The Balaban J connectivity index is 2.17. The number of aromatic nitrogens is 2. The SMILES string of the molecule is CCn1nc(C)c(Cl)c1COc1cccc(C(C)=NO)c1. The molecule has 0 aliphatic carbocycles. The molecular formula is C15H18ClN3O2. The number of ether oxygens (including phenoxy) is 1. The molecule has 1 aromatic carbocycles.